The van der Waals surface area contributed by atoms with Gasteiger partial charge in [-0.15, -0.1) is 0 Å². The molecule has 0 bridgehead atoms. The molecule has 0 aliphatic rings. The van der Waals surface area contributed by atoms with E-state index in [1.165, 1.54) is 5.56 Å². The van der Waals surface area contributed by atoms with E-state index in [4.69, 9.17) is 0 Å². The van der Waals surface area contributed by atoms with Crippen molar-refractivity contribution in [2.75, 3.05) is 7.05 Å². The SMILES string of the molecule is CNCc1ncnc(-c2ccc(C)cc2)c1C. The van der Waals surface area contributed by atoms with Crippen molar-refractivity contribution in [3.8, 4) is 11.3 Å². The van der Waals surface area contributed by atoms with Gasteiger partial charge in [-0.1, -0.05) is 29.8 Å². The molecule has 0 saturated heterocycles. The Morgan fingerprint density at radius 3 is 2.41 bits per heavy atom. The summed E-state index contributed by atoms with van der Waals surface area (Å²) in [5.41, 5.74) is 5.62. The fraction of sp³-hybridized carbons (Fsp3) is 0.286. The summed E-state index contributed by atoms with van der Waals surface area (Å²) in [6.45, 7) is 4.93. The second-order valence-electron chi connectivity index (χ2n) is 4.19. The first-order chi connectivity index (χ1) is 8.22. The van der Waals surface area contributed by atoms with E-state index in [0.717, 1.165) is 29.1 Å². The molecule has 0 amide bonds. The van der Waals surface area contributed by atoms with Gasteiger partial charge < -0.3 is 5.32 Å². The quantitative estimate of drug-likeness (QED) is 0.875. The Balaban J connectivity index is 2.45. The maximum absolute atomic E-state index is 4.38. The Kier molecular flexibility index (Phi) is 3.49. The smallest absolute Gasteiger partial charge is 0.116 e. The maximum atomic E-state index is 4.38. The Bertz CT molecular complexity index is 503. The van der Waals surface area contributed by atoms with E-state index in [1.807, 2.05) is 7.05 Å². The molecule has 0 unspecified atom stereocenters. The highest BCUT2D eigenvalue weighted by Gasteiger charge is 2.07. The van der Waals surface area contributed by atoms with Crippen LogP contribution in [0, 0.1) is 13.8 Å². The highest BCUT2D eigenvalue weighted by molar-refractivity contribution is 5.63. The van der Waals surface area contributed by atoms with Crippen LogP contribution in [0.2, 0.25) is 0 Å². The standard InChI is InChI=1S/C14H17N3/c1-10-4-6-12(7-5-10)14-11(2)13(8-15-3)16-9-17-14/h4-7,9,15H,8H2,1-3H3. The van der Waals surface area contributed by atoms with E-state index in [2.05, 4.69) is 53.4 Å². The first-order valence-corrected chi connectivity index (χ1v) is 5.74. The highest BCUT2D eigenvalue weighted by atomic mass is 14.9. The van der Waals surface area contributed by atoms with Gasteiger partial charge in [-0.05, 0) is 26.5 Å². The lowest BCUT2D eigenvalue weighted by Crippen LogP contribution is -2.09. The van der Waals surface area contributed by atoms with Crippen LogP contribution >= 0.6 is 0 Å². The normalized spacial score (nSPS) is 10.5. The zero-order valence-electron chi connectivity index (χ0n) is 10.5. The molecule has 1 aromatic heterocycles. The van der Waals surface area contributed by atoms with Crippen LogP contribution in [0.25, 0.3) is 11.3 Å². The van der Waals surface area contributed by atoms with Crippen molar-refractivity contribution < 1.29 is 0 Å². The largest absolute Gasteiger partial charge is 0.314 e. The minimum Gasteiger partial charge on any atom is -0.314 e. The lowest BCUT2D eigenvalue weighted by molar-refractivity contribution is 0.779. The molecule has 0 spiro atoms. The Hall–Kier alpha value is -1.74. The maximum Gasteiger partial charge on any atom is 0.116 e. The molecule has 88 valence electrons. The molecule has 3 heteroatoms. The van der Waals surface area contributed by atoms with Crippen LogP contribution in [0.3, 0.4) is 0 Å². The van der Waals surface area contributed by atoms with Crippen LogP contribution in [0.1, 0.15) is 16.8 Å². The molecule has 0 aliphatic heterocycles. The lowest BCUT2D eigenvalue weighted by Gasteiger charge is -2.09. The van der Waals surface area contributed by atoms with E-state index < -0.39 is 0 Å². The summed E-state index contributed by atoms with van der Waals surface area (Å²) in [7, 11) is 1.92. The lowest BCUT2D eigenvalue weighted by atomic mass is 10.0. The van der Waals surface area contributed by atoms with Crippen molar-refractivity contribution in [1.29, 1.82) is 0 Å². The van der Waals surface area contributed by atoms with Crippen LogP contribution in [0.5, 0.6) is 0 Å². The van der Waals surface area contributed by atoms with Gasteiger partial charge >= 0.3 is 0 Å². The molecule has 0 saturated carbocycles. The summed E-state index contributed by atoms with van der Waals surface area (Å²) in [6.07, 6.45) is 1.63. The summed E-state index contributed by atoms with van der Waals surface area (Å²) in [5, 5.41) is 3.12. The summed E-state index contributed by atoms with van der Waals surface area (Å²) in [5.74, 6) is 0. The number of aryl methyl sites for hydroxylation is 1. The molecule has 0 aliphatic carbocycles. The Labute approximate surface area is 102 Å². The van der Waals surface area contributed by atoms with E-state index in [9.17, 15) is 0 Å². The van der Waals surface area contributed by atoms with Gasteiger partial charge in [0, 0.05) is 12.1 Å². The van der Waals surface area contributed by atoms with Crippen molar-refractivity contribution in [3.63, 3.8) is 0 Å². The molecule has 1 aromatic carbocycles. The molecule has 2 aromatic rings. The summed E-state index contributed by atoms with van der Waals surface area (Å²) >= 11 is 0. The van der Waals surface area contributed by atoms with Crippen LogP contribution in [0.15, 0.2) is 30.6 Å². The van der Waals surface area contributed by atoms with E-state index in [-0.39, 0.29) is 0 Å². The third-order valence-electron chi connectivity index (χ3n) is 2.86. The molecular weight excluding hydrogens is 210 g/mol. The molecule has 0 radical (unpaired) electrons. The first kappa shape index (κ1) is 11.7. The van der Waals surface area contributed by atoms with Gasteiger partial charge in [-0.2, -0.15) is 0 Å². The second kappa shape index (κ2) is 5.06. The van der Waals surface area contributed by atoms with Gasteiger partial charge in [0.1, 0.15) is 6.33 Å². The third kappa shape index (κ3) is 2.50. The minimum atomic E-state index is 0.771. The average molecular weight is 227 g/mol. The Morgan fingerprint density at radius 1 is 1.06 bits per heavy atom. The molecule has 2 rings (SSSR count). The average Bonchev–Trinajstić information content (AvgIpc) is 2.34. The topological polar surface area (TPSA) is 37.8 Å². The van der Waals surface area contributed by atoms with Crippen molar-refractivity contribution in [2.45, 2.75) is 20.4 Å². The molecule has 0 atom stereocenters. The van der Waals surface area contributed by atoms with Gasteiger partial charge in [-0.3, -0.25) is 0 Å². The molecule has 0 fully saturated rings. The fourth-order valence-electron chi connectivity index (χ4n) is 1.83. The van der Waals surface area contributed by atoms with Crippen LogP contribution < -0.4 is 5.32 Å². The summed E-state index contributed by atoms with van der Waals surface area (Å²) in [4.78, 5) is 8.68. The predicted molar refractivity (Wildman–Crippen MR) is 69.7 cm³/mol. The van der Waals surface area contributed by atoms with Crippen molar-refractivity contribution in [3.05, 3.63) is 47.4 Å². The summed E-state index contributed by atoms with van der Waals surface area (Å²) in [6, 6.07) is 8.42. The van der Waals surface area contributed by atoms with E-state index in [0.29, 0.717) is 0 Å². The molecular formula is C14H17N3. The third-order valence-corrected chi connectivity index (χ3v) is 2.86. The van der Waals surface area contributed by atoms with Gasteiger partial charge in [-0.25, -0.2) is 9.97 Å². The molecule has 17 heavy (non-hydrogen) atoms. The van der Waals surface area contributed by atoms with Gasteiger partial charge in [0.25, 0.3) is 0 Å². The molecule has 3 nitrogen and oxygen atoms in total. The van der Waals surface area contributed by atoms with Crippen LogP contribution in [0.4, 0.5) is 0 Å². The fourth-order valence-corrected chi connectivity index (χ4v) is 1.83. The monoisotopic (exact) mass is 227 g/mol. The number of aromatic nitrogens is 2. The number of benzene rings is 1. The first-order valence-electron chi connectivity index (χ1n) is 5.74. The molecule has 1 heterocycles. The van der Waals surface area contributed by atoms with Crippen LogP contribution in [-0.2, 0) is 6.54 Å². The van der Waals surface area contributed by atoms with E-state index >= 15 is 0 Å². The minimum absolute atomic E-state index is 0.771. The molecule has 1 N–H and O–H groups in total. The zero-order valence-corrected chi connectivity index (χ0v) is 10.5. The van der Waals surface area contributed by atoms with Crippen molar-refractivity contribution >= 4 is 0 Å². The van der Waals surface area contributed by atoms with Gasteiger partial charge in [0.2, 0.25) is 0 Å². The number of hydrogen-bond donors (Lipinski definition) is 1. The van der Waals surface area contributed by atoms with E-state index in [1.54, 1.807) is 6.33 Å². The number of rotatable bonds is 3. The Morgan fingerprint density at radius 2 is 1.76 bits per heavy atom. The van der Waals surface area contributed by atoms with Crippen molar-refractivity contribution in [1.82, 2.24) is 15.3 Å². The zero-order chi connectivity index (χ0) is 12.3. The number of nitrogens with zero attached hydrogens (tertiary/aromatic N) is 2. The summed E-state index contributed by atoms with van der Waals surface area (Å²) < 4.78 is 0. The number of nitrogens with one attached hydrogen (secondary N) is 1. The predicted octanol–water partition coefficient (Wildman–Crippen LogP) is 2.48. The number of hydrogen-bond acceptors (Lipinski definition) is 3. The van der Waals surface area contributed by atoms with Gasteiger partial charge in [0.15, 0.2) is 0 Å². The van der Waals surface area contributed by atoms with Gasteiger partial charge in [0.05, 0.1) is 11.4 Å². The van der Waals surface area contributed by atoms with Crippen molar-refractivity contribution in [2.24, 2.45) is 0 Å². The second-order valence-corrected chi connectivity index (χ2v) is 4.19. The van der Waals surface area contributed by atoms with Crippen LogP contribution in [-0.4, -0.2) is 17.0 Å². The highest BCUT2D eigenvalue weighted by Crippen LogP contribution is 2.22.